The minimum Gasteiger partial charge on any atom is -0.478 e. The maximum absolute atomic E-state index is 13.0. The number of piperidine rings is 1. The molecular weight excluding hydrogens is 342 g/mol. The molecule has 4 rings (SSSR count). The Balaban J connectivity index is 1.52. The van der Waals surface area contributed by atoms with Crippen molar-refractivity contribution >= 4 is 22.9 Å². The van der Waals surface area contributed by atoms with Gasteiger partial charge in [0.15, 0.2) is 0 Å². The zero-order valence-corrected chi connectivity index (χ0v) is 15.1. The van der Waals surface area contributed by atoms with E-state index in [2.05, 4.69) is 4.98 Å². The molecule has 0 aliphatic carbocycles. The van der Waals surface area contributed by atoms with Crippen LogP contribution in [0.15, 0.2) is 48.8 Å². The Kier molecular flexibility index (Phi) is 4.39. The summed E-state index contributed by atoms with van der Waals surface area (Å²) in [6.45, 7) is 1.38. The number of aryl methyl sites for hydroxylation is 1. The Morgan fingerprint density at radius 1 is 1.11 bits per heavy atom. The van der Waals surface area contributed by atoms with E-state index >= 15 is 0 Å². The van der Waals surface area contributed by atoms with E-state index in [0.29, 0.717) is 12.1 Å². The van der Waals surface area contributed by atoms with Crippen LogP contribution in [-0.2, 0) is 7.05 Å². The largest absolute Gasteiger partial charge is 0.478 e. The molecule has 1 atom stereocenters. The molecular formula is C21H21N3O3. The van der Waals surface area contributed by atoms with Crippen LogP contribution in [0.1, 0.15) is 45.0 Å². The van der Waals surface area contributed by atoms with Gasteiger partial charge in [0.1, 0.15) is 0 Å². The van der Waals surface area contributed by atoms with E-state index in [-0.39, 0.29) is 17.4 Å². The number of carboxylic acid groups (broad SMARTS) is 1. The lowest BCUT2D eigenvalue weighted by Crippen LogP contribution is -2.39. The number of likely N-dealkylation sites (tertiary alicyclic amines) is 1. The van der Waals surface area contributed by atoms with Gasteiger partial charge in [-0.05, 0) is 48.7 Å². The fraction of sp³-hybridized carbons (Fsp3) is 0.286. The number of nitrogens with zero attached hydrogens (tertiary/aromatic N) is 3. The van der Waals surface area contributed by atoms with Crippen molar-refractivity contribution in [1.29, 1.82) is 0 Å². The molecule has 1 amide bonds. The molecule has 2 aromatic carbocycles. The van der Waals surface area contributed by atoms with Crippen LogP contribution >= 0.6 is 0 Å². The van der Waals surface area contributed by atoms with Crippen molar-refractivity contribution in [2.45, 2.75) is 18.8 Å². The maximum atomic E-state index is 13.0. The van der Waals surface area contributed by atoms with Crippen molar-refractivity contribution in [2.75, 3.05) is 13.1 Å². The van der Waals surface area contributed by atoms with Gasteiger partial charge in [0, 0.05) is 31.6 Å². The van der Waals surface area contributed by atoms with Crippen LogP contribution < -0.4 is 0 Å². The Hall–Kier alpha value is -3.15. The van der Waals surface area contributed by atoms with Gasteiger partial charge >= 0.3 is 5.97 Å². The molecule has 0 radical (unpaired) electrons. The second kappa shape index (κ2) is 6.87. The van der Waals surface area contributed by atoms with Gasteiger partial charge in [-0.2, -0.15) is 0 Å². The molecule has 1 fully saturated rings. The van der Waals surface area contributed by atoms with E-state index < -0.39 is 5.97 Å². The Morgan fingerprint density at radius 3 is 2.59 bits per heavy atom. The van der Waals surface area contributed by atoms with Crippen molar-refractivity contribution < 1.29 is 14.7 Å². The van der Waals surface area contributed by atoms with Crippen LogP contribution in [0.4, 0.5) is 0 Å². The zero-order valence-electron chi connectivity index (χ0n) is 15.1. The van der Waals surface area contributed by atoms with E-state index in [1.807, 2.05) is 46.8 Å². The first-order valence-corrected chi connectivity index (χ1v) is 9.06. The SMILES string of the molecule is Cn1cnc2cc(C(=O)N3CCC[C@H](c4ccc(C(=O)O)cc4)C3)ccc21. The van der Waals surface area contributed by atoms with Gasteiger partial charge in [0.05, 0.1) is 22.9 Å². The van der Waals surface area contributed by atoms with Crippen LogP contribution in [0, 0.1) is 0 Å². The first-order valence-electron chi connectivity index (χ1n) is 9.06. The summed E-state index contributed by atoms with van der Waals surface area (Å²) in [5.41, 5.74) is 3.84. The number of hydrogen-bond acceptors (Lipinski definition) is 3. The number of imidazole rings is 1. The minimum absolute atomic E-state index is 0.0226. The number of amides is 1. The average Bonchev–Trinajstić information content (AvgIpc) is 3.08. The lowest BCUT2D eigenvalue weighted by atomic mass is 9.90. The predicted octanol–water partition coefficient (Wildman–Crippen LogP) is 3.29. The van der Waals surface area contributed by atoms with Crippen LogP contribution in [0.2, 0.25) is 0 Å². The molecule has 1 aliphatic rings. The lowest BCUT2D eigenvalue weighted by Gasteiger charge is -2.33. The standard InChI is InChI=1S/C21H21N3O3/c1-23-13-22-18-11-16(8-9-19(18)23)20(25)24-10-2-3-17(12-24)14-4-6-15(7-5-14)21(26)27/h4-9,11,13,17H,2-3,10,12H2,1H3,(H,26,27)/t17-/m0/s1. The Morgan fingerprint density at radius 2 is 1.85 bits per heavy atom. The van der Waals surface area contributed by atoms with Crippen molar-refractivity contribution in [3.8, 4) is 0 Å². The fourth-order valence-corrected chi connectivity index (χ4v) is 3.78. The van der Waals surface area contributed by atoms with Gasteiger partial charge in [0.2, 0.25) is 0 Å². The number of aromatic carboxylic acids is 1. The number of carbonyl (C=O) groups is 2. The molecule has 2 heterocycles. The van der Waals surface area contributed by atoms with Crippen LogP contribution in [0.5, 0.6) is 0 Å². The van der Waals surface area contributed by atoms with Crippen molar-refractivity contribution in [2.24, 2.45) is 7.05 Å². The topological polar surface area (TPSA) is 75.4 Å². The maximum Gasteiger partial charge on any atom is 0.335 e. The molecule has 1 aromatic heterocycles. The molecule has 1 N–H and O–H groups in total. The summed E-state index contributed by atoms with van der Waals surface area (Å²) in [6.07, 6.45) is 3.68. The highest BCUT2D eigenvalue weighted by Gasteiger charge is 2.26. The summed E-state index contributed by atoms with van der Waals surface area (Å²) in [5.74, 6) is -0.676. The highest BCUT2D eigenvalue weighted by Crippen LogP contribution is 2.28. The van der Waals surface area contributed by atoms with E-state index in [1.165, 1.54) is 0 Å². The van der Waals surface area contributed by atoms with Gasteiger partial charge in [-0.25, -0.2) is 9.78 Å². The normalized spacial score (nSPS) is 17.2. The highest BCUT2D eigenvalue weighted by molar-refractivity contribution is 5.97. The third kappa shape index (κ3) is 3.30. The second-order valence-electron chi connectivity index (χ2n) is 7.08. The highest BCUT2D eigenvalue weighted by atomic mass is 16.4. The van der Waals surface area contributed by atoms with E-state index in [4.69, 9.17) is 5.11 Å². The number of carbonyl (C=O) groups excluding carboxylic acids is 1. The van der Waals surface area contributed by atoms with Crippen LogP contribution in [-0.4, -0.2) is 44.5 Å². The monoisotopic (exact) mass is 363 g/mol. The molecule has 6 nitrogen and oxygen atoms in total. The molecule has 138 valence electrons. The number of benzene rings is 2. The predicted molar refractivity (Wildman–Crippen MR) is 102 cm³/mol. The number of hydrogen-bond donors (Lipinski definition) is 1. The summed E-state index contributed by atoms with van der Waals surface area (Å²) in [6, 6.07) is 12.6. The number of fused-ring (bicyclic) bond motifs is 1. The number of rotatable bonds is 3. The molecule has 0 unspecified atom stereocenters. The third-order valence-corrected chi connectivity index (χ3v) is 5.31. The zero-order chi connectivity index (χ0) is 19.0. The van der Waals surface area contributed by atoms with Gasteiger partial charge in [-0.1, -0.05) is 12.1 Å². The van der Waals surface area contributed by atoms with Gasteiger partial charge < -0.3 is 14.6 Å². The molecule has 0 saturated carbocycles. The molecule has 27 heavy (non-hydrogen) atoms. The van der Waals surface area contributed by atoms with E-state index in [9.17, 15) is 9.59 Å². The van der Waals surface area contributed by atoms with Crippen molar-refractivity contribution in [3.05, 3.63) is 65.5 Å². The fourth-order valence-electron chi connectivity index (χ4n) is 3.78. The Labute approximate surface area is 157 Å². The molecule has 6 heteroatoms. The molecule has 3 aromatic rings. The second-order valence-corrected chi connectivity index (χ2v) is 7.08. The van der Waals surface area contributed by atoms with Crippen LogP contribution in [0.3, 0.4) is 0 Å². The molecule has 1 aliphatic heterocycles. The first kappa shape index (κ1) is 17.3. The number of aromatic nitrogens is 2. The van der Waals surface area contributed by atoms with Gasteiger partial charge in [-0.3, -0.25) is 4.79 Å². The third-order valence-electron chi connectivity index (χ3n) is 5.31. The summed E-state index contributed by atoms with van der Waals surface area (Å²) in [4.78, 5) is 30.2. The molecule has 1 saturated heterocycles. The number of carboxylic acids is 1. The smallest absolute Gasteiger partial charge is 0.335 e. The summed E-state index contributed by atoms with van der Waals surface area (Å²) >= 11 is 0. The molecule has 0 bridgehead atoms. The Bertz CT molecular complexity index is 1010. The minimum atomic E-state index is -0.924. The molecule has 0 spiro atoms. The van der Waals surface area contributed by atoms with Crippen molar-refractivity contribution in [3.63, 3.8) is 0 Å². The van der Waals surface area contributed by atoms with Gasteiger partial charge in [0.25, 0.3) is 5.91 Å². The van der Waals surface area contributed by atoms with E-state index in [0.717, 1.165) is 36.0 Å². The van der Waals surface area contributed by atoms with Gasteiger partial charge in [-0.15, -0.1) is 0 Å². The van der Waals surface area contributed by atoms with Crippen LogP contribution in [0.25, 0.3) is 11.0 Å². The summed E-state index contributed by atoms with van der Waals surface area (Å²) in [7, 11) is 1.93. The first-order chi connectivity index (χ1) is 13.0. The van der Waals surface area contributed by atoms with Crippen molar-refractivity contribution in [1.82, 2.24) is 14.5 Å². The average molecular weight is 363 g/mol. The summed E-state index contributed by atoms with van der Waals surface area (Å²) < 4.78 is 1.93. The van der Waals surface area contributed by atoms with E-state index in [1.54, 1.807) is 18.5 Å². The lowest BCUT2D eigenvalue weighted by molar-refractivity contribution is 0.0693. The quantitative estimate of drug-likeness (QED) is 0.775. The summed E-state index contributed by atoms with van der Waals surface area (Å²) in [5, 5.41) is 9.04.